The summed E-state index contributed by atoms with van der Waals surface area (Å²) in [5.41, 5.74) is 0. The number of rotatable bonds is 10. The first-order valence-electron chi connectivity index (χ1n) is 5.11. The van der Waals surface area contributed by atoms with Gasteiger partial charge in [-0.1, -0.05) is 28.8 Å². The van der Waals surface area contributed by atoms with Gasteiger partial charge in [-0.3, -0.25) is 0 Å². The molecule has 80 valence electrons. The third-order valence-electron chi connectivity index (χ3n) is 1.84. The normalized spacial score (nSPS) is 10.6. The Balaban J connectivity index is 2.76. The van der Waals surface area contributed by atoms with Crippen LogP contribution in [0.1, 0.15) is 38.5 Å². The summed E-state index contributed by atoms with van der Waals surface area (Å²) >= 11 is 8.96. The molecule has 0 N–H and O–H groups in total. The van der Waals surface area contributed by atoms with E-state index in [1.54, 1.807) is 0 Å². The van der Waals surface area contributed by atoms with Crippen molar-refractivity contribution in [1.82, 2.24) is 0 Å². The van der Waals surface area contributed by atoms with Crippen molar-refractivity contribution < 1.29 is 4.74 Å². The highest BCUT2D eigenvalue weighted by molar-refractivity contribution is 9.09. The van der Waals surface area contributed by atoms with E-state index in [0.29, 0.717) is 0 Å². The average Bonchev–Trinajstić information content (AvgIpc) is 2.16. The second kappa shape index (κ2) is 12.7. The Morgan fingerprint density at radius 2 is 1.46 bits per heavy atom. The first kappa shape index (κ1) is 13.7. The molecule has 0 atom stereocenters. The second-order valence-corrected chi connectivity index (χ2v) is 4.28. The molecule has 0 amide bonds. The molecule has 13 heavy (non-hydrogen) atoms. The Kier molecular flexibility index (Phi) is 13.4. The molecule has 1 nitrogen and oxygen atoms in total. The van der Waals surface area contributed by atoms with E-state index >= 15 is 0 Å². The Morgan fingerprint density at radius 1 is 0.846 bits per heavy atom. The molecule has 0 aliphatic heterocycles. The first-order valence-corrected chi connectivity index (χ1v) is 6.77. The molecule has 0 aromatic carbocycles. The standard InChI is InChI=1S/C10H20BrClO/c11-7-3-6-10-13-9-5-2-1-4-8-12/h1-10H2. The van der Waals surface area contributed by atoms with Crippen molar-refractivity contribution in [3.05, 3.63) is 0 Å². The van der Waals surface area contributed by atoms with Crippen LogP contribution >= 0.6 is 27.5 Å². The van der Waals surface area contributed by atoms with Gasteiger partial charge in [0.2, 0.25) is 0 Å². The highest BCUT2D eigenvalue weighted by Gasteiger charge is 1.90. The Bertz CT molecular complexity index is 81.0. The predicted molar refractivity (Wildman–Crippen MR) is 63.0 cm³/mol. The van der Waals surface area contributed by atoms with Crippen molar-refractivity contribution in [3.63, 3.8) is 0 Å². The van der Waals surface area contributed by atoms with E-state index in [1.807, 2.05) is 0 Å². The zero-order chi connectivity index (χ0) is 9.78. The number of halogens is 2. The van der Waals surface area contributed by atoms with Crippen LogP contribution in [0.15, 0.2) is 0 Å². The van der Waals surface area contributed by atoms with E-state index in [-0.39, 0.29) is 0 Å². The summed E-state index contributed by atoms with van der Waals surface area (Å²) in [7, 11) is 0. The van der Waals surface area contributed by atoms with Gasteiger partial charge in [-0.15, -0.1) is 11.6 Å². The molecule has 0 bridgehead atoms. The second-order valence-electron chi connectivity index (χ2n) is 3.11. The van der Waals surface area contributed by atoms with Crippen molar-refractivity contribution in [2.45, 2.75) is 38.5 Å². The summed E-state index contributed by atoms with van der Waals surface area (Å²) in [6, 6.07) is 0. The van der Waals surface area contributed by atoms with Gasteiger partial charge in [-0.2, -0.15) is 0 Å². The molecular weight excluding hydrogens is 251 g/mol. The van der Waals surface area contributed by atoms with Crippen LogP contribution in [-0.4, -0.2) is 24.4 Å². The molecule has 0 radical (unpaired) electrons. The van der Waals surface area contributed by atoms with Crippen molar-refractivity contribution in [2.75, 3.05) is 24.4 Å². The van der Waals surface area contributed by atoms with E-state index in [1.165, 1.54) is 32.1 Å². The van der Waals surface area contributed by atoms with Gasteiger partial charge in [-0.05, 0) is 25.7 Å². The van der Waals surface area contributed by atoms with Crippen molar-refractivity contribution in [2.24, 2.45) is 0 Å². The van der Waals surface area contributed by atoms with Gasteiger partial charge >= 0.3 is 0 Å². The molecular formula is C10H20BrClO. The molecule has 0 unspecified atom stereocenters. The van der Waals surface area contributed by atoms with Crippen LogP contribution in [-0.2, 0) is 4.74 Å². The van der Waals surface area contributed by atoms with Gasteiger partial charge in [0.15, 0.2) is 0 Å². The highest BCUT2D eigenvalue weighted by Crippen LogP contribution is 2.01. The Hall–Kier alpha value is 0.730. The molecule has 0 aromatic heterocycles. The summed E-state index contributed by atoms with van der Waals surface area (Å²) in [4.78, 5) is 0. The fourth-order valence-electron chi connectivity index (χ4n) is 1.05. The number of hydrogen-bond donors (Lipinski definition) is 0. The van der Waals surface area contributed by atoms with Crippen LogP contribution in [0.4, 0.5) is 0 Å². The van der Waals surface area contributed by atoms with Crippen LogP contribution in [0.2, 0.25) is 0 Å². The molecule has 0 heterocycles. The number of alkyl halides is 2. The summed E-state index contributed by atoms with van der Waals surface area (Å²) in [6.45, 7) is 1.84. The summed E-state index contributed by atoms with van der Waals surface area (Å²) in [6.07, 6.45) is 7.22. The van der Waals surface area contributed by atoms with Crippen LogP contribution < -0.4 is 0 Å². The van der Waals surface area contributed by atoms with E-state index in [4.69, 9.17) is 16.3 Å². The van der Waals surface area contributed by atoms with Crippen molar-refractivity contribution in [1.29, 1.82) is 0 Å². The van der Waals surface area contributed by atoms with Gasteiger partial charge in [0, 0.05) is 24.4 Å². The third kappa shape index (κ3) is 12.7. The zero-order valence-corrected chi connectivity index (χ0v) is 10.6. The van der Waals surface area contributed by atoms with Gasteiger partial charge in [0.25, 0.3) is 0 Å². The van der Waals surface area contributed by atoms with Crippen LogP contribution in [0.3, 0.4) is 0 Å². The maximum absolute atomic E-state index is 5.56. The first-order chi connectivity index (χ1) is 6.41. The molecule has 0 saturated carbocycles. The highest BCUT2D eigenvalue weighted by atomic mass is 79.9. The monoisotopic (exact) mass is 270 g/mol. The largest absolute Gasteiger partial charge is 0.381 e. The summed E-state index contributed by atoms with van der Waals surface area (Å²) in [5.74, 6) is 0.798. The number of unbranched alkanes of at least 4 members (excludes halogenated alkanes) is 4. The molecule has 0 fully saturated rings. The minimum atomic E-state index is 0.798. The fraction of sp³-hybridized carbons (Fsp3) is 1.00. The SMILES string of the molecule is ClCCCCCCOCCCCBr. The van der Waals surface area contributed by atoms with Gasteiger partial charge < -0.3 is 4.74 Å². The predicted octanol–water partition coefficient (Wildman–Crippen LogP) is 3.98. The topological polar surface area (TPSA) is 9.23 Å². The fourth-order valence-corrected chi connectivity index (χ4v) is 1.64. The van der Waals surface area contributed by atoms with Crippen LogP contribution in [0.5, 0.6) is 0 Å². The molecule has 0 aliphatic carbocycles. The van der Waals surface area contributed by atoms with E-state index in [2.05, 4.69) is 15.9 Å². The van der Waals surface area contributed by atoms with Crippen LogP contribution in [0, 0.1) is 0 Å². The van der Waals surface area contributed by atoms with Crippen LogP contribution in [0.25, 0.3) is 0 Å². The maximum atomic E-state index is 5.56. The minimum Gasteiger partial charge on any atom is -0.381 e. The molecule has 0 saturated heterocycles. The van der Waals surface area contributed by atoms with Crippen molar-refractivity contribution >= 4 is 27.5 Å². The van der Waals surface area contributed by atoms with Gasteiger partial charge in [-0.25, -0.2) is 0 Å². The number of hydrogen-bond acceptors (Lipinski definition) is 1. The van der Waals surface area contributed by atoms with E-state index in [0.717, 1.165) is 30.8 Å². The quantitative estimate of drug-likeness (QED) is 0.431. The molecule has 0 aromatic rings. The lowest BCUT2D eigenvalue weighted by Crippen LogP contribution is -1.97. The lowest BCUT2D eigenvalue weighted by atomic mass is 10.2. The Labute approximate surface area is 95.3 Å². The average molecular weight is 272 g/mol. The molecule has 0 spiro atoms. The zero-order valence-electron chi connectivity index (χ0n) is 8.24. The lowest BCUT2D eigenvalue weighted by molar-refractivity contribution is 0.127. The molecule has 3 heteroatoms. The minimum absolute atomic E-state index is 0.798. The van der Waals surface area contributed by atoms with Crippen molar-refractivity contribution in [3.8, 4) is 0 Å². The maximum Gasteiger partial charge on any atom is 0.0466 e. The summed E-state index contributed by atoms with van der Waals surface area (Å²) in [5, 5.41) is 1.09. The number of ether oxygens (including phenoxy) is 1. The lowest BCUT2D eigenvalue weighted by Gasteiger charge is -2.02. The Morgan fingerprint density at radius 3 is 2.08 bits per heavy atom. The molecule has 0 aliphatic rings. The van der Waals surface area contributed by atoms with E-state index in [9.17, 15) is 0 Å². The molecule has 0 rings (SSSR count). The smallest absolute Gasteiger partial charge is 0.0466 e. The van der Waals surface area contributed by atoms with Gasteiger partial charge in [0.05, 0.1) is 0 Å². The third-order valence-corrected chi connectivity index (χ3v) is 2.67. The van der Waals surface area contributed by atoms with E-state index < -0.39 is 0 Å². The van der Waals surface area contributed by atoms with Gasteiger partial charge in [0.1, 0.15) is 0 Å². The summed E-state index contributed by atoms with van der Waals surface area (Å²) < 4.78 is 5.46.